The molecule has 1 aromatic carbocycles. The molecule has 0 fully saturated rings. The number of halogens is 1. The zero-order chi connectivity index (χ0) is 9.80. The van der Waals surface area contributed by atoms with Gasteiger partial charge in [0.05, 0.1) is 6.20 Å². The normalized spacial score (nSPS) is 10.1. The molecule has 0 aliphatic heterocycles. The number of hydrogen-bond donors (Lipinski definition) is 0. The van der Waals surface area contributed by atoms with E-state index >= 15 is 0 Å². The van der Waals surface area contributed by atoms with Gasteiger partial charge >= 0.3 is 0 Å². The molecule has 0 N–H and O–H groups in total. The lowest BCUT2D eigenvalue weighted by molar-refractivity contribution is 0.627. The molecule has 0 saturated heterocycles. The highest BCUT2D eigenvalue weighted by atomic mass is 19.1. The van der Waals surface area contributed by atoms with Gasteiger partial charge in [-0.3, -0.25) is 0 Å². The van der Waals surface area contributed by atoms with E-state index in [2.05, 4.69) is 10.2 Å². The minimum atomic E-state index is -0.207. The first-order chi connectivity index (χ1) is 6.84. The second-order valence-electron chi connectivity index (χ2n) is 3.05. The van der Waals surface area contributed by atoms with Crippen molar-refractivity contribution in [2.45, 2.75) is 6.42 Å². The maximum atomic E-state index is 12.6. The molecule has 1 aromatic heterocycles. The molecule has 0 aliphatic carbocycles. The van der Waals surface area contributed by atoms with Gasteiger partial charge in [0.2, 0.25) is 0 Å². The zero-order valence-electron chi connectivity index (χ0n) is 7.52. The van der Waals surface area contributed by atoms with Crippen molar-refractivity contribution in [1.29, 1.82) is 0 Å². The lowest BCUT2D eigenvalue weighted by atomic mass is 10.1. The van der Waals surface area contributed by atoms with Gasteiger partial charge in [0.15, 0.2) is 0 Å². The summed E-state index contributed by atoms with van der Waals surface area (Å²) < 4.78 is 12.6. The Bertz CT molecular complexity index is 397. The molecule has 0 amide bonds. The first-order valence-electron chi connectivity index (χ1n) is 4.34. The fraction of sp³-hybridized carbons (Fsp3) is 0.0909. The van der Waals surface area contributed by atoms with E-state index in [1.165, 1.54) is 12.1 Å². The van der Waals surface area contributed by atoms with Crippen LogP contribution in [-0.2, 0) is 6.42 Å². The minimum Gasteiger partial charge on any atom is -0.207 e. The van der Waals surface area contributed by atoms with Crippen molar-refractivity contribution >= 4 is 0 Å². The highest BCUT2D eigenvalue weighted by molar-refractivity contribution is 5.23. The first-order valence-corrected chi connectivity index (χ1v) is 4.34. The van der Waals surface area contributed by atoms with E-state index in [1.54, 1.807) is 24.5 Å². The summed E-state index contributed by atoms with van der Waals surface area (Å²) >= 11 is 0. The Morgan fingerprint density at radius 1 is 0.929 bits per heavy atom. The van der Waals surface area contributed by atoms with Gasteiger partial charge in [0.1, 0.15) is 5.82 Å². The molecular formula is C11H9FN2. The van der Waals surface area contributed by atoms with Crippen molar-refractivity contribution < 1.29 is 4.39 Å². The largest absolute Gasteiger partial charge is 0.207 e. The third-order valence-electron chi connectivity index (χ3n) is 1.97. The Morgan fingerprint density at radius 3 is 2.36 bits per heavy atom. The molecule has 2 rings (SSSR count). The van der Waals surface area contributed by atoms with E-state index in [0.717, 1.165) is 17.5 Å². The van der Waals surface area contributed by atoms with Crippen molar-refractivity contribution in [2.24, 2.45) is 0 Å². The Balaban J connectivity index is 2.16. The molecule has 0 radical (unpaired) electrons. The van der Waals surface area contributed by atoms with Gasteiger partial charge in [0.25, 0.3) is 0 Å². The van der Waals surface area contributed by atoms with E-state index in [4.69, 9.17) is 0 Å². The second-order valence-corrected chi connectivity index (χ2v) is 3.05. The second kappa shape index (κ2) is 3.96. The molecule has 70 valence electrons. The SMILES string of the molecule is Fc1ccc(Cc2ccnnc2)cc1. The third kappa shape index (κ3) is 2.13. The summed E-state index contributed by atoms with van der Waals surface area (Å²) in [6.07, 6.45) is 4.12. The summed E-state index contributed by atoms with van der Waals surface area (Å²) in [5.74, 6) is -0.207. The topological polar surface area (TPSA) is 25.8 Å². The number of aromatic nitrogens is 2. The van der Waals surface area contributed by atoms with E-state index < -0.39 is 0 Å². The van der Waals surface area contributed by atoms with Gasteiger partial charge in [0, 0.05) is 6.20 Å². The van der Waals surface area contributed by atoms with Crippen molar-refractivity contribution in [2.75, 3.05) is 0 Å². The molecule has 0 unspecified atom stereocenters. The van der Waals surface area contributed by atoms with Crippen LogP contribution in [0.5, 0.6) is 0 Å². The molecule has 0 aliphatic rings. The summed E-state index contributed by atoms with van der Waals surface area (Å²) in [7, 11) is 0. The molecule has 2 nitrogen and oxygen atoms in total. The average molecular weight is 188 g/mol. The molecule has 14 heavy (non-hydrogen) atoms. The van der Waals surface area contributed by atoms with Crippen LogP contribution in [0, 0.1) is 5.82 Å². The van der Waals surface area contributed by atoms with Crippen molar-refractivity contribution in [3.8, 4) is 0 Å². The quantitative estimate of drug-likeness (QED) is 0.722. The Kier molecular flexibility index (Phi) is 2.49. The Hall–Kier alpha value is -1.77. The Labute approximate surface area is 81.4 Å². The fourth-order valence-corrected chi connectivity index (χ4v) is 1.26. The van der Waals surface area contributed by atoms with Crippen LogP contribution in [0.25, 0.3) is 0 Å². The fourth-order valence-electron chi connectivity index (χ4n) is 1.26. The van der Waals surface area contributed by atoms with Gasteiger partial charge < -0.3 is 0 Å². The average Bonchev–Trinajstić information content (AvgIpc) is 2.23. The lowest BCUT2D eigenvalue weighted by Gasteiger charge is -1.99. The molecule has 0 saturated carbocycles. The maximum absolute atomic E-state index is 12.6. The Morgan fingerprint density at radius 2 is 1.71 bits per heavy atom. The van der Waals surface area contributed by atoms with Gasteiger partial charge in [-0.15, -0.1) is 0 Å². The van der Waals surface area contributed by atoms with Gasteiger partial charge in [-0.2, -0.15) is 10.2 Å². The third-order valence-corrected chi connectivity index (χ3v) is 1.97. The summed E-state index contributed by atoms with van der Waals surface area (Å²) in [4.78, 5) is 0. The predicted molar refractivity (Wildman–Crippen MR) is 51.2 cm³/mol. The summed E-state index contributed by atoms with van der Waals surface area (Å²) in [5.41, 5.74) is 2.14. The van der Waals surface area contributed by atoms with E-state index in [-0.39, 0.29) is 5.82 Å². The lowest BCUT2D eigenvalue weighted by Crippen LogP contribution is -1.90. The van der Waals surface area contributed by atoms with E-state index in [9.17, 15) is 4.39 Å². The van der Waals surface area contributed by atoms with E-state index in [1.807, 2.05) is 6.07 Å². The van der Waals surface area contributed by atoms with Crippen LogP contribution in [-0.4, -0.2) is 10.2 Å². The number of nitrogens with zero attached hydrogens (tertiary/aromatic N) is 2. The predicted octanol–water partition coefficient (Wildman–Crippen LogP) is 2.21. The summed E-state index contributed by atoms with van der Waals surface area (Å²) in [6, 6.07) is 8.37. The van der Waals surface area contributed by atoms with Crippen molar-refractivity contribution in [3.05, 3.63) is 59.7 Å². The standard InChI is InChI=1S/C11H9FN2/c12-11-3-1-9(2-4-11)7-10-5-6-13-14-8-10/h1-6,8H,7H2. The van der Waals surface area contributed by atoms with Crippen LogP contribution >= 0.6 is 0 Å². The molecule has 0 atom stereocenters. The van der Waals surface area contributed by atoms with Gasteiger partial charge in [-0.05, 0) is 35.7 Å². The molecule has 2 aromatic rings. The van der Waals surface area contributed by atoms with Crippen molar-refractivity contribution in [3.63, 3.8) is 0 Å². The van der Waals surface area contributed by atoms with Crippen molar-refractivity contribution in [1.82, 2.24) is 10.2 Å². The van der Waals surface area contributed by atoms with E-state index in [0.29, 0.717) is 0 Å². The highest BCUT2D eigenvalue weighted by Crippen LogP contribution is 2.08. The molecule has 0 bridgehead atoms. The summed E-state index contributed by atoms with van der Waals surface area (Å²) in [5, 5.41) is 7.47. The van der Waals surface area contributed by atoms with Crippen LogP contribution in [0.3, 0.4) is 0 Å². The molecular weight excluding hydrogens is 179 g/mol. The number of hydrogen-bond acceptors (Lipinski definition) is 2. The van der Waals surface area contributed by atoms with Crippen LogP contribution in [0.1, 0.15) is 11.1 Å². The monoisotopic (exact) mass is 188 g/mol. The summed E-state index contributed by atoms with van der Waals surface area (Å²) in [6.45, 7) is 0. The zero-order valence-corrected chi connectivity index (χ0v) is 7.52. The minimum absolute atomic E-state index is 0.207. The smallest absolute Gasteiger partial charge is 0.123 e. The highest BCUT2D eigenvalue weighted by Gasteiger charge is 1.96. The molecule has 1 heterocycles. The van der Waals surface area contributed by atoms with Crippen LogP contribution in [0.2, 0.25) is 0 Å². The first kappa shape index (κ1) is 8.81. The number of rotatable bonds is 2. The van der Waals surface area contributed by atoms with Gasteiger partial charge in [-0.25, -0.2) is 4.39 Å². The van der Waals surface area contributed by atoms with Gasteiger partial charge in [-0.1, -0.05) is 12.1 Å². The molecule has 0 spiro atoms. The number of benzene rings is 1. The molecule has 3 heteroatoms. The maximum Gasteiger partial charge on any atom is 0.123 e. The van der Waals surface area contributed by atoms with Crippen LogP contribution in [0.4, 0.5) is 4.39 Å². The van der Waals surface area contributed by atoms with Crippen LogP contribution in [0.15, 0.2) is 42.7 Å². The van der Waals surface area contributed by atoms with Crippen LogP contribution < -0.4 is 0 Å².